The van der Waals surface area contributed by atoms with Gasteiger partial charge in [-0.25, -0.2) is 4.79 Å². The summed E-state index contributed by atoms with van der Waals surface area (Å²) in [4.78, 5) is 11.0. The molecule has 0 amide bonds. The van der Waals surface area contributed by atoms with Crippen molar-refractivity contribution in [2.45, 2.75) is 26.7 Å². The molecule has 0 fully saturated rings. The van der Waals surface area contributed by atoms with E-state index in [1.54, 1.807) is 6.08 Å². The van der Waals surface area contributed by atoms with Crippen LogP contribution in [0, 0.1) is 22.2 Å². The second kappa shape index (κ2) is 4.31. The van der Waals surface area contributed by atoms with Crippen LogP contribution in [0.1, 0.15) is 26.7 Å². The van der Waals surface area contributed by atoms with Gasteiger partial charge in [-0.3, -0.25) is 5.41 Å². The molecule has 0 saturated carbocycles. The van der Waals surface area contributed by atoms with Crippen LogP contribution in [0.3, 0.4) is 0 Å². The van der Waals surface area contributed by atoms with Gasteiger partial charge in [0, 0.05) is 5.57 Å². The molecular formula is C12H14N2O2. The summed E-state index contributed by atoms with van der Waals surface area (Å²) < 4.78 is 0. The Kier molecular flexibility index (Phi) is 3.28. The number of hydrogen-bond acceptors (Lipinski definition) is 3. The Hall–Kier alpha value is -1.89. The average Bonchev–Trinajstić information content (AvgIpc) is 2.36. The smallest absolute Gasteiger partial charge is 0.331 e. The zero-order valence-corrected chi connectivity index (χ0v) is 9.37. The Labute approximate surface area is 94.4 Å². The summed E-state index contributed by atoms with van der Waals surface area (Å²) in [6.45, 7) is 3.85. The minimum atomic E-state index is -1.02. The maximum atomic E-state index is 11.0. The fourth-order valence-corrected chi connectivity index (χ4v) is 1.67. The van der Waals surface area contributed by atoms with Gasteiger partial charge >= 0.3 is 5.97 Å². The monoisotopic (exact) mass is 218 g/mol. The first-order valence-corrected chi connectivity index (χ1v) is 5.07. The van der Waals surface area contributed by atoms with Gasteiger partial charge in [0.1, 0.15) is 6.07 Å². The number of allylic oxidation sites excluding steroid dienone is 3. The summed E-state index contributed by atoms with van der Waals surface area (Å²) in [5.41, 5.74) is 0.0616. The highest BCUT2D eigenvalue weighted by Crippen LogP contribution is 2.34. The van der Waals surface area contributed by atoms with Crippen molar-refractivity contribution in [2.75, 3.05) is 0 Å². The van der Waals surface area contributed by atoms with Crippen LogP contribution in [0.4, 0.5) is 0 Å². The molecule has 4 nitrogen and oxygen atoms in total. The number of nitriles is 1. The van der Waals surface area contributed by atoms with Crippen LogP contribution < -0.4 is 0 Å². The third kappa shape index (κ3) is 2.37. The molecule has 84 valence electrons. The van der Waals surface area contributed by atoms with E-state index >= 15 is 0 Å². The average molecular weight is 218 g/mol. The molecule has 1 unspecified atom stereocenters. The minimum absolute atomic E-state index is 0.0166. The maximum Gasteiger partial charge on any atom is 0.331 e. The van der Waals surface area contributed by atoms with E-state index in [-0.39, 0.29) is 22.3 Å². The Balaban J connectivity index is 3.27. The third-order valence-corrected chi connectivity index (χ3v) is 2.90. The van der Waals surface area contributed by atoms with E-state index < -0.39 is 5.97 Å². The molecule has 0 saturated heterocycles. The van der Waals surface area contributed by atoms with E-state index in [4.69, 9.17) is 15.8 Å². The maximum absolute atomic E-state index is 11.0. The summed E-state index contributed by atoms with van der Waals surface area (Å²) >= 11 is 0. The number of carboxylic acids is 1. The standard InChI is InChI=1S/C12H14N2O2/c1-3-12(2)5-8(11(15)16)4-10(14)9(6-12)7-13/h4,6,14H,3,5H2,1-2H3,(H,15,16). The van der Waals surface area contributed by atoms with Crippen LogP contribution in [0.5, 0.6) is 0 Å². The van der Waals surface area contributed by atoms with E-state index in [9.17, 15) is 4.79 Å². The Morgan fingerprint density at radius 2 is 2.38 bits per heavy atom. The summed E-state index contributed by atoms with van der Waals surface area (Å²) in [6.07, 6.45) is 4.07. The lowest BCUT2D eigenvalue weighted by atomic mass is 9.81. The molecule has 1 rings (SSSR count). The third-order valence-electron chi connectivity index (χ3n) is 2.90. The van der Waals surface area contributed by atoms with Gasteiger partial charge in [-0.05, 0) is 24.3 Å². The van der Waals surface area contributed by atoms with Crippen molar-refractivity contribution in [3.8, 4) is 6.07 Å². The SMILES string of the molecule is CCC1(C)C=C(C#N)C(=N)C=C(C(=O)O)C1. The highest BCUT2D eigenvalue weighted by molar-refractivity contribution is 6.12. The highest BCUT2D eigenvalue weighted by Gasteiger charge is 2.28. The van der Waals surface area contributed by atoms with Gasteiger partial charge in [0.25, 0.3) is 0 Å². The Morgan fingerprint density at radius 3 is 2.81 bits per heavy atom. The fourth-order valence-electron chi connectivity index (χ4n) is 1.67. The number of carboxylic acid groups (broad SMARTS) is 1. The van der Waals surface area contributed by atoms with Crippen molar-refractivity contribution in [3.05, 3.63) is 23.3 Å². The predicted molar refractivity (Wildman–Crippen MR) is 60.2 cm³/mol. The van der Waals surface area contributed by atoms with Crippen LogP contribution in [0.15, 0.2) is 23.3 Å². The lowest BCUT2D eigenvalue weighted by Gasteiger charge is -2.23. The van der Waals surface area contributed by atoms with Crippen molar-refractivity contribution in [2.24, 2.45) is 5.41 Å². The summed E-state index contributed by atoms with van der Waals surface area (Å²) in [5, 5.41) is 25.5. The second-order valence-corrected chi connectivity index (χ2v) is 4.24. The molecule has 0 bridgehead atoms. The van der Waals surface area contributed by atoms with Crippen molar-refractivity contribution in [3.63, 3.8) is 0 Å². The summed E-state index contributed by atoms with van der Waals surface area (Å²) in [7, 11) is 0. The lowest BCUT2D eigenvalue weighted by Crippen LogP contribution is -2.15. The Bertz CT molecular complexity index is 440. The molecule has 1 aliphatic rings. The first kappa shape index (κ1) is 12.2. The molecule has 1 aliphatic carbocycles. The van der Waals surface area contributed by atoms with Gasteiger partial charge in [0.05, 0.1) is 11.3 Å². The van der Waals surface area contributed by atoms with E-state index in [2.05, 4.69) is 0 Å². The normalized spacial score (nSPS) is 25.2. The quantitative estimate of drug-likeness (QED) is 0.745. The first-order valence-electron chi connectivity index (χ1n) is 5.07. The van der Waals surface area contributed by atoms with Crippen LogP contribution >= 0.6 is 0 Å². The number of nitrogens with zero attached hydrogens (tertiary/aromatic N) is 1. The number of aliphatic carboxylic acids is 1. The molecule has 0 radical (unpaired) electrons. The molecule has 0 aromatic carbocycles. The molecule has 4 heteroatoms. The van der Waals surface area contributed by atoms with Crippen molar-refractivity contribution >= 4 is 11.7 Å². The zero-order chi connectivity index (χ0) is 12.3. The van der Waals surface area contributed by atoms with Gasteiger partial charge in [0.2, 0.25) is 0 Å². The molecule has 0 spiro atoms. The topological polar surface area (TPSA) is 84.9 Å². The summed E-state index contributed by atoms with van der Waals surface area (Å²) in [6, 6.07) is 1.94. The van der Waals surface area contributed by atoms with Gasteiger partial charge in [-0.2, -0.15) is 5.26 Å². The number of nitrogens with one attached hydrogen (secondary N) is 1. The molecule has 0 aromatic rings. The van der Waals surface area contributed by atoms with Gasteiger partial charge in [-0.1, -0.05) is 19.9 Å². The van der Waals surface area contributed by atoms with Gasteiger partial charge in [-0.15, -0.1) is 0 Å². The van der Waals surface area contributed by atoms with Gasteiger partial charge in [0.15, 0.2) is 0 Å². The molecule has 1 atom stereocenters. The van der Waals surface area contributed by atoms with E-state index in [1.165, 1.54) is 6.08 Å². The van der Waals surface area contributed by atoms with Crippen molar-refractivity contribution in [1.29, 1.82) is 10.7 Å². The molecule has 2 N–H and O–H groups in total. The zero-order valence-electron chi connectivity index (χ0n) is 9.37. The number of carbonyl (C=O) groups is 1. The van der Waals surface area contributed by atoms with Gasteiger partial charge < -0.3 is 5.11 Å². The fraction of sp³-hybridized carbons (Fsp3) is 0.417. The van der Waals surface area contributed by atoms with Crippen LogP contribution in [0.25, 0.3) is 0 Å². The van der Waals surface area contributed by atoms with Crippen molar-refractivity contribution in [1.82, 2.24) is 0 Å². The highest BCUT2D eigenvalue weighted by atomic mass is 16.4. The predicted octanol–water partition coefficient (Wildman–Crippen LogP) is 2.29. The van der Waals surface area contributed by atoms with Crippen molar-refractivity contribution < 1.29 is 9.90 Å². The first-order chi connectivity index (χ1) is 7.41. The van der Waals surface area contributed by atoms with Crippen LogP contribution in [-0.4, -0.2) is 16.8 Å². The second-order valence-electron chi connectivity index (χ2n) is 4.24. The Morgan fingerprint density at radius 1 is 1.75 bits per heavy atom. The largest absolute Gasteiger partial charge is 0.478 e. The van der Waals surface area contributed by atoms with E-state index in [0.717, 1.165) is 6.42 Å². The number of rotatable bonds is 2. The molecular weight excluding hydrogens is 204 g/mol. The molecule has 0 heterocycles. The minimum Gasteiger partial charge on any atom is -0.478 e. The van der Waals surface area contributed by atoms with E-state index in [0.29, 0.717) is 6.42 Å². The molecule has 0 aromatic heterocycles. The van der Waals surface area contributed by atoms with Crippen LogP contribution in [-0.2, 0) is 4.79 Å². The lowest BCUT2D eigenvalue weighted by molar-refractivity contribution is -0.133. The van der Waals surface area contributed by atoms with E-state index in [1.807, 2.05) is 19.9 Å². The van der Waals surface area contributed by atoms with Crippen LogP contribution in [0.2, 0.25) is 0 Å². The molecule has 0 aliphatic heterocycles. The number of hydrogen-bond donors (Lipinski definition) is 2. The summed E-state index contributed by atoms with van der Waals surface area (Å²) in [5.74, 6) is -1.02. The molecule has 16 heavy (non-hydrogen) atoms.